The molecule has 0 fully saturated rings. The molecule has 2 aromatic rings. The number of benzene rings is 2. The number of non-ortho nitro benzene ring substituents is 1. The van der Waals surface area contributed by atoms with Gasteiger partial charge in [0.05, 0.1) is 12.0 Å². The van der Waals surface area contributed by atoms with E-state index >= 15 is 0 Å². The minimum absolute atomic E-state index is 0.0831. The Morgan fingerprint density at radius 2 is 1.88 bits per heavy atom. The van der Waals surface area contributed by atoms with Gasteiger partial charge in [-0.05, 0) is 29.8 Å². The molecule has 2 N–H and O–H groups in total. The number of nitro groups is 1. The third-order valence-corrected chi connectivity index (χ3v) is 3.41. The fraction of sp³-hybridized carbons (Fsp3) is 0.111. The average molecular weight is 352 g/mol. The number of amides is 1. The van der Waals surface area contributed by atoms with Gasteiger partial charge in [0.2, 0.25) is 0 Å². The minimum atomic E-state index is -0.608. The van der Waals surface area contributed by atoms with E-state index in [4.69, 9.17) is 10.00 Å². The van der Waals surface area contributed by atoms with Crippen LogP contribution in [-0.2, 0) is 11.3 Å². The first-order chi connectivity index (χ1) is 12.5. The van der Waals surface area contributed by atoms with Crippen LogP contribution >= 0.6 is 0 Å². The molecule has 0 saturated heterocycles. The number of rotatable bonds is 7. The van der Waals surface area contributed by atoms with E-state index in [1.54, 1.807) is 7.11 Å². The van der Waals surface area contributed by atoms with Gasteiger partial charge in [0.1, 0.15) is 17.4 Å². The van der Waals surface area contributed by atoms with Crippen molar-refractivity contribution in [2.45, 2.75) is 6.54 Å². The predicted molar refractivity (Wildman–Crippen MR) is 95.3 cm³/mol. The van der Waals surface area contributed by atoms with Crippen molar-refractivity contribution in [2.75, 3.05) is 12.4 Å². The Bertz CT molecular complexity index is 852. The van der Waals surface area contributed by atoms with E-state index in [0.29, 0.717) is 12.2 Å². The first kappa shape index (κ1) is 18.5. The predicted octanol–water partition coefficient (Wildman–Crippen LogP) is 2.74. The van der Waals surface area contributed by atoms with Crippen LogP contribution in [0.3, 0.4) is 0 Å². The zero-order valence-electron chi connectivity index (χ0n) is 13.9. The van der Waals surface area contributed by atoms with Crippen molar-refractivity contribution in [3.63, 3.8) is 0 Å². The Morgan fingerprint density at radius 3 is 2.42 bits per heavy atom. The molecule has 0 aliphatic rings. The van der Waals surface area contributed by atoms with E-state index in [2.05, 4.69) is 10.6 Å². The summed E-state index contributed by atoms with van der Waals surface area (Å²) in [5.41, 5.74) is 1.11. The highest BCUT2D eigenvalue weighted by molar-refractivity contribution is 6.06. The van der Waals surface area contributed by atoms with Crippen molar-refractivity contribution in [1.82, 2.24) is 5.32 Å². The zero-order valence-corrected chi connectivity index (χ0v) is 13.9. The highest BCUT2D eigenvalue weighted by atomic mass is 16.6. The lowest BCUT2D eigenvalue weighted by Crippen LogP contribution is -2.16. The normalized spacial score (nSPS) is 10.5. The number of hydrogen-bond donors (Lipinski definition) is 2. The number of anilines is 1. The molecule has 0 atom stereocenters. The second-order valence-electron chi connectivity index (χ2n) is 5.16. The highest BCUT2D eigenvalue weighted by Gasteiger charge is 2.10. The summed E-state index contributed by atoms with van der Waals surface area (Å²) in [5.74, 6) is 0.132. The van der Waals surface area contributed by atoms with Gasteiger partial charge in [0.15, 0.2) is 0 Å². The van der Waals surface area contributed by atoms with E-state index in [-0.39, 0.29) is 11.3 Å². The van der Waals surface area contributed by atoms with Crippen molar-refractivity contribution < 1.29 is 14.5 Å². The number of ether oxygens (including phenoxy) is 1. The molecule has 0 aliphatic heterocycles. The van der Waals surface area contributed by atoms with Gasteiger partial charge >= 0.3 is 0 Å². The van der Waals surface area contributed by atoms with E-state index in [9.17, 15) is 14.9 Å². The first-order valence-electron chi connectivity index (χ1n) is 7.56. The van der Waals surface area contributed by atoms with Crippen molar-refractivity contribution in [2.24, 2.45) is 0 Å². The summed E-state index contributed by atoms with van der Waals surface area (Å²) in [6.07, 6.45) is 1.32. The summed E-state index contributed by atoms with van der Waals surface area (Å²) in [7, 11) is 1.58. The molecule has 0 bridgehead atoms. The molecular weight excluding hydrogens is 336 g/mol. The van der Waals surface area contributed by atoms with Crippen molar-refractivity contribution in [1.29, 1.82) is 5.26 Å². The maximum Gasteiger partial charge on any atom is 0.269 e. The van der Waals surface area contributed by atoms with Crippen LogP contribution < -0.4 is 15.4 Å². The number of hydrogen-bond acceptors (Lipinski definition) is 6. The fourth-order valence-corrected chi connectivity index (χ4v) is 2.03. The van der Waals surface area contributed by atoms with Crippen molar-refractivity contribution >= 4 is 17.3 Å². The van der Waals surface area contributed by atoms with Crippen LogP contribution in [0.1, 0.15) is 5.56 Å². The van der Waals surface area contributed by atoms with E-state index in [0.717, 1.165) is 11.3 Å². The number of nitrogens with one attached hydrogen (secondary N) is 2. The second-order valence-corrected chi connectivity index (χ2v) is 5.16. The van der Waals surface area contributed by atoms with Gasteiger partial charge in [-0.1, -0.05) is 12.1 Å². The van der Waals surface area contributed by atoms with E-state index < -0.39 is 10.8 Å². The Hall–Kier alpha value is -3.86. The monoisotopic (exact) mass is 352 g/mol. The molecule has 2 aromatic carbocycles. The quantitative estimate of drug-likeness (QED) is 0.342. The number of nitriles is 1. The SMILES string of the molecule is COc1ccc(CN/C=C(/C#N)C(=O)Nc2ccc([N+](=O)[O-])cc2)cc1. The van der Waals surface area contributed by atoms with Crippen LogP contribution in [0.4, 0.5) is 11.4 Å². The van der Waals surface area contributed by atoms with Crippen LogP contribution in [0.25, 0.3) is 0 Å². The van der Waals surface area contributed by atoms with Gasteiger partial charge in [0.25, 0.3) is 11.6 Å². The lowest BCUT2D eigenvalue weighted by atomic mass is 10.2. The van der Waals surface area contributed by atoms with Crippen molar-refractivity contribution in [3.8, 4) is 11.8 Å². The molecule has 0 aliphatic carbocycles. The third kappa shape index (κ3) is 5.07. The topological polar surface area (TPSA) is 117 Å². The number of carbonyl (C=O) groups excluding carboxylic acids is 1. The molecule has 2 rings (SSSR count). The number of nitrogens with zero attached hydrogens (tertiary/aromatic N) is 2. The molecule has 0 spiro atoms. The number of nitro benzene ring substituents is 1. The van der Waals surface area contributed by atoms with Crippen LogP contribution in [0, 0.1) is 21.4 Å². The molecule has 0 saturated carbocycles. The van der Waals surface area contributed by atoms with Gasteiger partial charge in [0, 0.05) is 30.6 Å². The van der Waals surface area contributed by atoms with Gasteiger partial charge in [-0.2, -0.15) is 5.26 Å². The second kappa shape index (κ2) is 8.84. The molecule has 132 valence electrons. The van der Waals surface area contributed by atoms with Crippen LogP contribution in [0.15, 0.2) is 60.3 Å². The Kier molecular flexibility index (Phi) is 6.28. The number of carbonyl (C=O) groups is 1. The third-order valence-electron chi connectivity index (χ3n) is 3.41. The molecule has 0 heterocycles. The van der Waals surface area contributed by atoms with Crippen molar-refractivity contribution in [3.05, 3.63) is 76.0 Å². The summed E-state index contributed by atoms with van der Waals surface area (Å²) in [6.45, 7) is 0.431. The summed E-state index contributed by atoms with van der Waals surface area (Å²) < 4.78 is 5.07. The largest absolute Gasteiger partial charge is 0.497 e. The lowest BCUT2D eigenvalue weighted by Gasteiger charge is -2.06. The van der Waals surface area contributed by atoms with Gasteiger partial charge in [-0.25, -0.2) is 0 Å². The first-order valence-corrected chi connectivity index (χ1v) is 7.56. The highest BCUT2D eigenvalue weighted by Crippen LogP contribution is 2.16. The van der Waals surface area contributed by atoms with Crippen LogP contribution in [-0.4, -0.2) is 17.9 Å². The van der Waals surface area contributed by atoms with Crippen LogP contribution in [0.5, 0.6) is 5.75 Å². The Morgan fingerprint density at radius 1 is 1.23 bits per heavy atom. The van der Waals surface area contributed by atoms with Crippen LogP contribution in [0.2, 0.25) is 0 Å². The average Bonchev–Trinajstić information content (AvgIpc) is 2.66. The zero-order chi connectivity index (χ0) is 18.9. The smallest absolute Gasteiger partial charge is 0.269 e. The van der Waals surface area contributed by atoms with Gasteiger partial charge in [-0.15, -0.1) is 0 Å². The lowest BCUT2D eigenvalue weighted by molar-refractivity contribution is -0.384. The van der Waals surface area contributed by atoms with E-state index in [1.165, 1.54) is 30.5 Å². The molecule has 0 unspecified atom stereocenters. The maximum absolute atomic E-state index is 12.1. The van der Waals surface area contributed by atoms with Gasteiger partial charge < -0.3 is 15.4 Å². The summed E-state index contributed by atoms with van der Waals surface area (Å²) in [6, 6.07) is 14.5. The molecule has 1 amide bonds. The summed E-state index contributed by atoms with van der Waals surface area (Å²) >= 11 is 0. The van der Waals surface area contributed by atoms with Gasteiger partial charge in [-0.3, -0.25) is 14.9 Å². The summed E-state index contributed by atoms with van der Waals surface area (Å²) in [5, 5.41) is 25.2. The molecule has 8 heteroatoms. The maximum atomic E-state index is 12.1. The van der Waals surface area contributed by atoms with E-state index in [1.807, 2.05) is 30.3 Å². The Labute approximate surface area is 149 Å². The minimum Gasteiger partial charge on any atom is -0.497 e. The summed E-state index contributed by atoms with van der Waals surface area (Å²) in [4.78, 5) is 22.2. The molecule has 0 radical (unpaired) electrons. The number of methoxy groups -OCH3 is 1. The molecular formula is C18H16N4O4. The molecule has 8 nitrogen and oxygen atoms in total. The standard InChI is InChI=1S/C18H16N4O4/c1-26-17-8-2-13(3-9-17)11-20-12-14(10-19)18(23)21-15-4-6-16(7-5-15)22(24)25/h2-9,12,20H,11H2,1H3,(H,21,23)/b14-12-. The fourth-order valence-electron chi connectivity index (χ4n) is 2.03. The molecule has 0 aromatic heterocycles. The molecule has 26 heavy (non-hydrogen) atoms. The Balaban J connectivity index is 1.95.